The van der Waals surface area contributed by atoms with Crippen molar-refractivity contribution in [3.05, 3.63) is 0 Å². The molecule has 25 heavy (non-hydrogen) atoms. The van der Waals surface area contributed by atoms with Gasteiger partial charge in [0.05, 0.1) is 0 Å². The van der Waals surface area contributed by atoms with Gasteiger partial charge >= 0.3 is 0 Å². The van der Waals surface area contributed by atoms with Crippen LogP contribution in [0.5, 0.6) is 0 Å². The van der Waals surface area contributed by atoms with Crippen LogP contribution in [-0.4, -0.2) is 81.4 Å². The normalized spacial score (nSPS) is 10.6. The van der Waals surface area contributed by atoms with Crippen molar-refractivity contribution in [3.8, 4) is 0 Å². The summed E-state index contributed by atoms with van der Waals surface area (Å²) >= 11 is 0. The van der Waals surface area contributed by atoms with Crippen molar-refractivity contribution in [2.75, 3.05) is 70.2 Å². The second kappa shape index (κ2) is 10.7. The molecule has 12 heteroatoms. The number of amides is 1. The molecular formula is C13H24N6O6. The summed E-state index contributed by atoms with van der Waals surface area (Å²) in [5, 5.41) is 10.7. The molecule has 0 aliphatic heterocycles. The number of rotatable bonds is 11. The zero-order chi connectivity index (χ0) is 18.8. The minimum Gasteiger partial charge on any atom is -0.364 e. The molecule has 1 heterocycles. The van der Waals surface area contributed by atoms with Crippen molar-refractivity contribution in [3.63, 3.8) is 0 Å². The molecule has 0 aliphatic rings. The predicted octanol–water partition coefficient (Wildman–Crippen LogP) is -0.358. The monoisotopic (exact) mass is 360 g/mol. The summed E-state index contributed by atoms with van der Waals surface area (Å²) in [6.45, 7) is 1.34. The summed E-state index contributed by atoms with van der Waals surface area (Å²) in [7, 11) is 5.84. The van der Waals surface area contributed by atoms with Crippen LogP contribution in [-0.2, 0) is 23.7 Å². The highest BCUT2D eigenvalue weighted by atomic mass is 16.6. The number of methoxy groups -OCH3 is 4. The van der Waals surface area contributed by atoms with Crippen LogP contribution in [0.25, 0.3) is 0 Å². The van der Waals surface area contributed by atoms with E-state index in [9.17, 15) is 10.0 Å². The van der Waals surface area contributed by atoms with E-state index < -0.39 is 0 Å². The SMILES string of the molecule is COCN(O)c1nc(N(COC)COC)nc(N(COC)C(C)=O)n1. The number of aromatic nitrogens is 3. The minimum absolute atomic E-state index is 0.00158. The fourth-order valence-corrected chi connectivity index (χ4v) is 1.78. The molecule has 0 spiro atoms. The lowest BCUT2D eigenvalue weighted by Gasteiger charge is -2.24. The van der Waals surface area contributed by atoms with Gasteiger partial charge in [-0.25, -0.2) is 0 Å². The van der Waals surface area contributed by atoms with Crippen LogP contribution in [0, 0.1) is 0 Å². The van der Waals surface area contributed by atoms with E-state index in [1.807, 2.05) is 0 Å². The van der Waals surface area contributed by atoms with E-state index in [0.29, 0.717) is 5.06 Å². The average molecular weight is 360 g/mol. The number of nitrogens with zero attached hydrogens (tertiary/aromatic N) is 6. The first-order valence-corrected chi connectivity index (χ1v) is 7.19. The van der Waals surface area contributed by atoms with Gasteiger partial charge in [0.1, 0.15) is 26.9 Å². The molecule has 1 amide bonds. The van der Waals surface area contributed by atoms with Gasteiger partial charge in [0.2, 0.25) is 17.8 Å². The number of anilines is 3. The van der Waals surface area contributed by atoms with Gasteiger partial charge < -0.3 is 18.9 Å². The van der Waals surface area contributed by atoms with Crippen molar-refractivity contribution >= 4 is 23.8 Å². The van der Waals surface area contributed by atoms with Gasteiger partial charge in [-0.2, -0.15) is 20.0 Å². The van der Waals surface area contributed by atoms with Crippen molar-refractivity contribution in [2.24, 2.45) is 0 Å². The van der Waals surface area contributed by atoms with Crippen LogP contribution in [0.3, 0.4) is 0 Å². The summed E-state index contributed by atoms with van der Waals surface area (Å²) < 4.78 is 20.0. The number of hydroxylamine groups is 1. The molecule has 1 rings (SSSR count). The molecule has 1 aromatic heterocycles. The predicted molar refractivity (Wildman–Crippen MR) is 87.2 cm³/mol. The smallest absolute Gasteiger partial charge is 0.258 e. The van der Waals surface area contributed by atoms with Crippen molar-refractivity contribution in [1.29, 1.82) is 0 Å². The van der Waals surface area contributed by atoms with Crippen molar-refractivity contribution in [2.45, 2.75) is 6.92 Å². The Bertz CT molecular complexity index is 542. The Hall–Kier alpha value is -2.12. The van der Waals surface area contributed by atoms with Crippen LogP contribution in [0.15, 0.2) is 0 Å². The zero-order valence-electron chi connectivity index (χ0n) is 15.0. The lowest BCUT2D eigenvalue weighted by atomic mass is 10.6. The van der Waals surface area contributed by atoms with E-state index >= 15 is 0 Å². The fourth-order valence-electron chi connectivity index (χ4n) is 1.78. The van der Waals surface area contributed by atoms with Gasteiger partial charge in [-0.05, 0) is 0 Å². The molecule has 0 fully saturated rings. The fraction of sp³-hybridized carbons (Fsp3) is 0.692. The van der Waals surface area contributed by atoms with Crippen LogP contribution in [0.1, 0.15) is 6.92 Å². The van der Waals surface area contributed by atoms with E-state index in [1.54, 1.807) is 4.90 Å². The van der Waals surface area contributed by atoms with E-state index in [0.717, 1.165) is 0 Å². The highest BCUT2D eigenvalue weighted by Gasteiger charge is 2.21. The van der Waals surface area contributed by atoms with Gasteiger partial charge in [0.15, 0.2) is 0 Å². The van der Waals surface area contributed by atoms with E-state index in [-0.39, 0.29) is 50.7 Å². The highest BCUT2D eigenvalue weighted by Crippen LogP contribution is 2.19. The summed E-state index contributed by atoms with van der Waals surface area (Å²) in [5.74, 6) is -0.310. The van der Waals surface area contributed by atoms with Gasteiger partial charge in [0.25, 0.3) is 5.95 Å². The van der Waals surface area contributed by atoms with Crippen molar-refractivity contribution in [1.82, 2.24) is 15.0 Å². The number of hydrogen-bond acceptors (Lipinski definition) is 11. The van der Waals surface area contributed by atoms with Gasteiger partial charge in [-0.3, -0.25) is 19.8 Å². The lowest BCUT2D eigenvalue weighted by molar-refractivity contribution is -0.117. The molecule has 142 valence electrons. The Morgan fingerprint density at radius 2 is 1.32 bits per heavy atom. The second-order valence-electron chi connectivity index (χ2n) is 4.79. The van der Waals surface area contributed by atoms with Gasteiger partial charge in [0, 0.05) is 35.4 Å². The molecule has 0 aromatic carbocycles. The molecular weight excluding hydrogens is 336 g/mol. The third kappa shape index (κ3) is 6.03. The van der Waals surface area contributed by atoms with Gasteiger partial charge in [-0.15, -0.1) is 0 Å². The van der Waals surface area contributed by atoms with E-state index in [1.165, 1.54) is 40.3 Å². The Labute approximate surface area is 145 Å². The Balaban J connectivity index is 3.36. The summed E-state index contributed by atoms with van der Waals surface area (Å²) in [6.07, 6.45) is 0. The third-order valence-electron chi connectivity index (χ3n) is 2.81. The molecule has 0 atom stereocenters. The van der Waals surface area contributed by atoms with E-state index in [4.69, 9.17) is 18.9 Å². The summed E-state index contributed by atoms with van der Waals surface area (Å²) in [5.41, 5.74) is 0. The van der Waals surface area contributed by atoms with Crippen LogP contribution in [0.2, 0.25) is 0 Å². The molecule has 12 nitrogen and oxygen atoms in total. The first-order chi connectivity index (χ1) is 12.0. The third-order valence-corrected chi connectivity index (χ3v) is 2.81. The molecule has 1 aromatic rings. The molecule has 1 N–H and O–H groups in total. The Morgan fingerprint density at radius 3 is 1.80 bits per heavy atom. The first kappa shape index (κ1) is 20.9. The molecule has 0 saturated heterocycles. The van der Waals surface area contributed by atoms with Crippen LogP contribution < -0.4 is 14.9 Å². The maximum absolute atomic E-state index is 11.9. The number of carbonyl (C=O) groups excluding carboxylic acids is 1. The maximum Gasteiger partial charge on any atom is 0.258 e. The minimum atomic E-state index is -0.341. The maximum atomic E-state index is 11.9. The lowest BCUT2D eigenvalue weighted by Crippen LogP contribution is -2.35. The number of hydrogen-bond donors (Lipinski definition) is 1. The second-order valence-corrected chi connectivity index (χ2v) is 4.79. The number of ether oxygens (including phenoxy) is 4. The Morgan fingerprint density at radius 1 is 0.840 bits per heavy atom. The van der Waals surface area contributed by atoms with Gasteiger partial charge in [-0.1, -0.05) is 0 Å². The topological polar surface area (TPSA) is 123 Å². The molecule has 0 aliphatic carbocycles. The summed E-state index contributed by atoms with van der Waals surface area (Å²) in [4.78, 5) is 27.1. The molecule has 0 saturated carbocycles. The molecule has 0 unspecified atom stereocenters. The highest BCUT2D eigenvalue weighted by molar-refractivity contribution is 5.89. The standard InChI is InChI=1S/C13H24N6O6/c1-10(20)18(8-24-4)12-14-11(17(6-22-2)7-23-3)15-13(16-12)19(21)9-25-5/h21H,6-9H2,1-5H3. The molecule has 0 radical (unpaired) electrons. The first-order valence-electron chi connectivity index (χ1n) is 7.19. The zero-order valence-corrected chi connectivity index (χ0v) is 15.0. The average Bonchev–Trinajstić information content (AvgIpc) is 2.59. The quantitative estimate of drug-likeness (QED) is 0.411. The Kier molecular flexibility index (Phi) is 8.94. The molecule has 0 bridgehead atoms. The van der Waals surface area contributed by atoms with Crippen LogP contribution >= 0.6 is 0 Å². The van der Waals surface area contributed by atoms with Crippen molar-refractivity contribution < 1.29 is 28.9 Å². The largest absolute Gasteiger partial charge is 0.364 e. The summed E-state index contributed by atoms with van der Waals surface area (Å²) in [6, 6.07) is 0. The van der Waals surface area contributed by atoms with E-state index in [2.05, 4.69) is 15.0 Å². The van der Waals surface area contributed by atoms with Crippen LogP contribution in [0.4, 0.5) is 17.8 Å². The number of carbonyl (C=O) groups is 1.